The topological polar surface area (TPSA) is 50.9 Å². The summed E-state index contributed by atoms with van der Waals surface area (Å²) in [5.41, 5.74) is 6.77. The van der Waals surface area contributed by atoms with Gasteiger partial charge in [0.25, 0.3) is 0 Å². The van der Waals surface area contributed by atoms with E-state index in [0.29, 0.717) is 0 Å². The standard InChI is InChI=1S/C27H31N3O/c1-18-11-13-20(24(15-18)30-28-22-9-7-8-10-23(22)29-30)21-16-19(12-14-25(21)31)27(5,6)17-26(2,3)4/h7-16,31H,17H2,1-6H3. The molecule has 0 saturated carbocycles. The number of hydrogen-bond donors (Lipinski definition) is 1. The number of hydrogen-bond acceptors (Lipinski definition) is 3. The van der Waals surface area contributed by atoms with Crippen molar-refractivity contribution in [3.05, 3.63) is 71.8 Å². The molecule has 0 saturated heterocycles. The SMILES string of the molecule is Cc1ccc(-c2cc(C(C)(C)CC(C)(C)C)ccc2O)c(-n2nc3ccccc3n2)c1. The molecular weight excluding hydrogens is 382 g/mol. The third-order valence-corrected chi connectivity index (χ3v) is 5.70. The summed E-state index contributed by atoms with van der Waals surface area (Å²) in [5, 5.41) is 20.2. The van der Waals surface area contributed by atoms with Crippen LogP contribution >= 0.6 is 0 Å². The zero-order valence-corrected chi connectivity index (χ0v) is 19.3. The highest BCUT2D eigenvalue weighted by Gasteiger charge is 2.28. The second kappa shape index (κ2) is 7.52. The maximum Gasteiger partial charge on any atom is 0.123 e. The van der Waals surface area contributed by atoms with Crippen LogP contribution in [0.5, 0.6) is 5.75 Å². The van der Waals surface area contributed by atoms with Crippen molar-refractivity contribution < 1.29 is 5.11 Å². The maximum absolute atomic E-state index is 10.8. The van der Waals surface area contributed by atoms with Crippen molar-refractivity contribution in [2.24, 2.45) is 5.41 Å². The summed E-state index contributed by atoms with van der Waals surface area (Å²) < 4.78 is 0. The van der Waals surface area contributed by atoms with Crippen molar-refractivity contribution in [1.29, 1.82) is 0 Å². The van der Waals surface area contributed by atoms with E-state index in [2.05, 4.69) is 69.9 Å². The number of phenolic OH excluding ortho intramolecular Hbond substituents is 1. The Balaban J connectivity index is 1.87. The Labute approximate surface area is 184 Å². The molecule has 4 nitrogen and oxygen atoms in total. The van der Waals surface area contributed by atoms with Crippen molar-refractivity contribution in [3.63, 3.8) is 0 Å². The highest BCUT2D eigenvalue weighted by molar-refractivity contribution is 5.80. The molecule has 160 valence electrons. The lowest BCUT2D eigenvalue weighted by Crippen LogP contribution is -2.24. The molecule has 0 atom stereocenters. The third kappa shape index (κ3) is 4.34. The molecule has 1 N–H and O–H groups in total. The zero-order chi connectivity index (χ0) is 22.4. The van der Waals surface area contributed by atoms with E-state index < -0.39 is 0 Å². The predicted octanol–water partition coefficient (Wildman–Crippen LogP) is 6.82. The highest BCUT2D eigenvalue weighted by atomic mass is 16.3. The van der Waals surface area contributed by atoms with Gasteiger partial charge >= 0.3 is 0 Å². The molecule has 0 aliphatic carbocycles. The lowest BCUT2D eigenvalue weighted by molar-refractivity contribution is 0.284. The Bertz CT molecular complexity index is 1210. The Hall–Kier alpha value is -3.14. The van der Waals surface area contributed by atoms with Gasteiger partial charge < -0.3 is 5.11 Å². The Morgan fingerprint density at radius 2 is 1.45 bits per heavy atom. The molecule has 1 aromatic heterocycles. The van der Waals surface area contributed by atoms with Crippen LogP contribution in [0.2, 0.25) is 0 Å². The molecule has 1 heterocycles. The van der Waals surface area contributed by atoms with Gasteiger partial charge in [-0.05, 0) is 65.6 Å². The summed E-state index contributed by atoms with van der Waals surface area (Å²) in [5.74, 6) is 0.261. The molecule has 0 fully saturated rings. The van der Waals surface area contributed by atoms with Crippen LogP contribution in [0.3, 0.4) is 0 Å². The van der Waals surface area contributed by atoms with Gasteiger partial charge in [-0.15, -0.1) is 15.0 Å². The Morgan fingerprint density at radius 1 is 0.806 bits per heavy atom. The minimum absolute atomic E-state index is 0.0236. The summed E-state index contributed by atoms with van der Waals surface area (Å²) in [6.07, 6.45) is 1.04. The summed E-state index contributed by atoms with van der Waals surface area (Å²) in [4.78, 5) is 1.68. The van der Waals surface area contributed by atoms with Gasteiger partial charge in [-0.25, -0.2) is 0 Å². The van der Waals surface area contributed by atoms with Crippen molar-refractivity contribution in [3.8, 4) is 22.6 Å². The lowest BCUT2D eigenvalue weighted by Gasteiger charge is -2.33. The molecule has 0 aliphatic heterocycles. The second-order valence-electron chi connectivity index (χ2n) is 10.4. The van der Waals surface area contributed by atoms with E-state index in [1.807, 2.05) is 42.5 Å². The van der Waals surface area contributed by atoms with E-state index in [0.717, 1.165) is 39.8 Å². The van der Waals surface area contributed by atoms with Crippen LogP contribution in [0.4, 0.5) is 0 Å². The number of aryl methyl sites for hydroxylation is 1. The molecule has 0 radical (unpaired) electrons. The molecular formula is C27H31N3O. The number of benzene rings is 3. The number of rotatable bonds is 4. The first-order chi connectivity index (χ1) is 14.5. The van der Waals surface area contributed by atoms with Crippen molar-refractivity contribution in [2.45, 2.75) is 53.4 Å². The molecule has 0 aliphatic rings. The van der Waals surface area contributed by atoms with E-state index in [-0.39, 0.29) is 16.6 Å². The summed E-state index contributed by atoms with van der Waals surface area (Å²) >= 11 is 0. The maximum atomic E-state index is 10.8. The molecule has 4 rings (SSSR count). The van der Waals surface area contributed by atoms with Gasteiger partial charge in [0.05, 0.1) is 5.69 Å². The molecule has 0 amide bonds. The zero-order valence-electron chi connectivity index (χ0n) is 19.3. The van der Waals surface area contributed by atoms with Gasteiger partial charge in [-0.2, -0.15) is 0 Å². The van der Waals surface area contributed by atoms with E-state index >= 15 is 0 Å². The Morgan fingerprint density at radius 3 is 2.06 bits per heavy atom. The van der Waals surface area contributed by atoms with Gasteiger partial charge in [-0.1, -0.05) is 65.0 Å². The number of fused-ring (bicyclic) bond motifs is 1. The van der Waals surface area contributed by atoms with Gasteiger partial charge in [0, 0.05) is 11.1 Å². The minimum Gasteiger partial charge on any atom is -0.507 e. The average Bonchev–Trinajstić information content (AvgIpc) is 3.10. The van der Waals surface area contributed by atoms with Crippen LogP contribution in [-0.2, 0) is 5.41 Å². The smallest absolute Gasteiger partial charge is 0.123 e. The van der Waals surface area contributed by atoms with Crippen molar-refractivity contribution >= 4 is 11.0 Å². The van der Waals surface area contributed by atoms with E-state index in [1.54, 1.807) is 4.80 Å². The van der Waals surface area contributed by atoms with Crippen LogP contribution in [0.25, 0.3) is 27.8 Å². The van der Waals surface area contributed by atoms with Gasteiger partial charge in [0.1, 0.15) is 16.8 Å². The van der Waals surface area contributed by atoms with Crippen LogP contribution in [0, 0.1) is 12.3 Å². The molecule has 0 spiro atoms. The molecule has 4 heteroatoms. The summed E-state index contributed by atoms with van der Waals surface area (Å²) in [7, 11) is 0. The first-order valence-electron chi connectivity index (χ1n) is 10.8. The second-order valence-corrected chi connectivity index (χ2v) is 10.4. The molecule has 3 aromatic carbocycles. The normalized spacial score (nSPS) is 12.5. The monoisotopic (exact) mass is 413 g/mol. The fraction of sp³-hybridized carbons (Fsp3) is 0.333. The summed E-state index contributed by atoms with van der Waals surface area (Å²) in [6, 6.07) is 20.0. The van der Waals surface area contributed by atoms with Crippen molar-refractivity contribution in [1.82, 2.24) is 15.0 Å². The molecule has 0 unspecified atom stereocenters. The van der Waals surface area contributed by atoms with E-state index in [1.165, 1.54) is 5.56 Å². The minimum atomic E-state index is -0.0236. The molecule has 31 heavy (non-hydrogen) atoms. The lowest BCUT2D eigenvalue weighted by atomic mass is 9.72. The van der Waals surface area contributed by atoms with Gasteiger partial charge in [0.15, 0.2) is 0 Å². The number of phenols is 1. The first-order valence-corrected chi connectivity index (χ1v) is 10.8. The van der Waals surface area contributed by atoms with E-state index in [9.17, 15) is 5.11 Å². The molecule has 4 aromatic rings. The number of aromatic hydroxyl groups is 1. The Kier molecular flexibility index (Phi) is 5.12. The van der Waals surface area contributed by atoms with Crippen LogP contribution in [0.1, 0.15) is 52.2 Å². The number of aromatic nitrogens is 3. The van der Waals surface area contributed by atoms with Crippen LogP contribution in [0.15, 0.2) is 60.7 Å². The molecule has 0 bridgehead atoms. The van der Waals surface area contributed by atoms with E-state index in [4.69, 9.17) is 0 Å². The van der Waals surface area contributed by atoms with Crippen LogP contribution < -0.4 is 0 Å². The third-order valence-electron chi connectivity index (χ3n) is 5.70. The van der Waals surface area contributed by atoms with Crippen LogP contribution in [-0.4, -0.2) is 20.1 Å². The number of nitrogens with zero attached hydrogens (tertiary/aromatic N) is 3. The predicted molar refractivity (Wildman–Crippen MR) is 128 cm³/mol. The summed E-state index contributed by atoms with van der Waals surface area (Å²) in [6.45, 7) is 13.4. The fourth-order valence-corrected chi connectivity index (χ4v) is 4.60. The average molecular weight is 414 g/mol. The largest absolute Gasteiger partial charge is 0.507 e. The van der Waals surface area contributed by atoms with Gasteiger partial charge in [-0.3, -0.25) is 0 Å². The van der Waals surface area contributed by atoms with Gasteiger partial charge in [0.2, 0.25) is 0 Å². The first kappa shape index (κ1) is 21.1. The fourth-order valence-electron chi connectivity index (χ4n) is 4.60. The quantitative estimate of drug-likeness (QED) is 0.399. The van der Waals surface area contributed by atoms with Crippen molar-refractivity contribution in [2.75, 3.05) is 0 Å². The highest BCUT2D eigenvalue weighted by Crippen LogP contribution is 2.41.